The van der Waals surface area contributed by atoms with E-state index in [1.165, 1.54) is 24.4 Å². The van der Waals surface area contributed by atoms with Crippen molar-refractivity contribution in [2.75, 3.05) is 31.4 Å². The lowest BCUT2D eigenvalue weighted by atomic mass is 9.95. The molecule has 0 amide bonds. The third-order valence-electron chi connectivity index (χ3n) is 6.14. The zero-order valence-electron chi connectivity index (χ0n) is 19.8. The molecule has 1 aromatic carbocycles. The number of anilines is 1. The number of aromatic nitrogens is 2. The van der Waals surface area contributed by atoms with Crippen LogP contribution in [0.3, 0.4) is 0 Å². The summed E-state index contributed by atoms with van der Waals surface area (Å²) in [5, 5.41) is 13.9. The van der Waals surface area contributed by atoms with Gasteiger partial charge in [-0.2, -0.15) is 8.42 Å². The number of nitro groups is 1. The number of rotatable bonds is 9. The Kier molecular flexibility index (Phi) is 7.31. The highest BCUT2D eigenvalue weighted by molar-refractivity contribution is 7.90. The Morgan fingerprint density at radius 1 is 1.14 bits per heavy atom. The van der Waals surface area contributed by atoms with Crippen molar-refractivity contribution in [1.29, 1.82) is 0 Å². The Balaban J connectivity index is 1.57. The van der Waals surface area contributed by atoms with E-state index in [1.54, 1.807) is 12.1 Å². The molecule has 0 aliphatic carbocycles. The van der Waals surface area contributed by atoms with Crippen LogP contribution in [-0.4, -0.2) is 61.7 Å². The fourth-order valence-electron chi connectivity index (χ4n) is 4.18. The summed E-state index contributed by atoms with van der Waals surface area (Å²) in [6.45, 7) is 3.10. The number of fused-ring (bicyclic) bond motifs is 1. The first-order valence-corrected chi connectivity index (χ1v) is 14.5. The largest absolute Gasteiger partial charge is 0.312 e. The number of nitrogens with zero attached hydrogens (tertiary/aromatic N) is 4. The number of hydrogen-bond acceptors (Lipinski definition) is 10. The summed E-state index contributed by atoms with van der Waals surface area (Å²) in [5.41, 5.74) is 4.00. The molecule has 3 heterocycles. The number of aryl methyl sites for hydroxylation is 1. The van der Waals surface area contributed by atoms with Gasteiger partial charge in [-0.05, 0) is 50.3 Å². The summed E-state index contributed by atoms with van der Waals surface area (Å²) in [6.07, 6.45) is 5.49. The predicted octanol–water partition coefficient (Wildman–Crippen LogP) is 2.90. The number of nitrogens with one attached hydrogen (secondary N) is 1. The van der Waals surface area contributed by atoms with Gasteiger partial charge < -0.3 is 5.43 Å². The van der Waals surface area contributed by atoms with Gasteiger partial charge in [-0.3, -0.25) is 14.3 Å². The van der Waals surface area contributed by atoms with E-state index in [2.05, 4.69) is 10.4 Å². The molecule has 0 bridgehead atoms. The van der Waals surface area contributed by atoms with Gasteiger partial charge in [0.2, 0.25) is 0 Å². The topological polar surface area (TPSA) is 154 Å². The Morgan fingerprint density at radius 2 is 1.81 bits per heavy atom. The number of hydrogen-bond donors (Lipinski definition) is 1. The summed E-state index contributed by atoms with van der Waals surface area (Å²) >= 11 is 0. The minimum absolute atomic E-state index is 0.0801. The molecule has 1 aliphatic rings. The van der Waals surface area contributed by atoms with Crippen LogP contribution in [0.5, 0.6) is 0 Å². The highest BCUT2D eigenvalue weighted by atomic mass is 32.2. The van der Waals surface area contributed by atoms with Gasteiger partial charge in [-0.1, -0.05) is 17.7 Å². The number of pyridine rings is 1. The molecule has 0 saturated carbocycles. The van der Waals surface area contributed by atoms with E-state index in [-0.39, 0.29) is 34.4 Å². The van der Waals surface area contributed by atoms with Crippen molar-refractivity contribution in [1.82, 2.24) is 14.0 Å². The monoisotopic (exact) mass is 537 g/mol. The third kappa shape index (κ3) is 5.67. The summed E-state index contributed by atoms with van der Waals surface area (Å²) in [5.74, 6) is 0.262. The molecule has 0 spiro atoms. The number of benzene rings is 1. The number of hydrazine groups is 1. The van der Waals surface area contributed by atoms with Gasteiger partial charge in [0, 0.05) is 19.3 Å². The first kappa shape index (κ1) is 26.0. The molecule has 0 radical (unpaired) electrons. The molecule has 1 saturated heterocycles. The van der Waals surface area contributed by atoms with E-state index in [0.717, 1.165) is 34.8 Å². The molecule has 194 valence electrons. The van der Waals surface area contributed by atoms with Gasteiger partial charge in [0.05, 0.1) is 28.1 Å². The predicted molar refractivity (Wildman–Crippen MR) is 133 cm³/mol. The van der Waals surface area contributed by atoms with Crippen molar-refractivity contribution in [3.05, 3.63) is 58.4 Å². The molecule has 36 heavy (non-hydrogen) atoms. The lowest BCUT2D eigenvalue weighted by Crippen LogP contribution is -2.38. The lowest BCUT2D eigenvalue weighted by molar-refractivity contribution is -0.384. The van der Waals surface area contributed by atoms with Gasteiger partial charge in [0.1, 0.15) is 11.9 Å². The third-order valence-corrected chi connectivity index (χ3v) is 8.42. The molecule has 0 unspecified atom stereocenters. The fraction of sp³-hybridized carbons (Fsp3) is 0.409. The van der Waals surface area contributed by atoms with Crippen LogP contribution < -0.4 is 5.43 Å². The van der Waals surface area contributed by atoms with Crippen molar-refractivity contribution >= 4 is 42.5 Å². The maximum Gasteiger partial charge on any atom is 0.312 e. The maximum atomic E-state index is 13.2. The minimum atomic E-state index is -3.96. The van der Waals surface area contributed by atoms with Crippen LogP contribution in [0.2, 0.25) is 0 Å². The Hall–Kier alpha value is -3.07. The highest BCUT2D eigenvalue weighted by Gasteiger charge is 2.27. The standard InChI is InChI=1S/C22H27N5O7S2/c1-16-3-5-18(6-4-16)36(32,33)26-13-9-19-21(20(27(28)29)15-23-22(19)26)24-25-11-7-17(8-12-25)10-14-34-35(2,30)31/h3-6,9,13,15,17H,7-8,10-12,14H2,1-2H3,(H,23,24). The van der Waals surface area contributed by atoms with Crippen molar-refractivity contribution in [2.24, 2.45) is 5.92 Å². The average Bonchev–Trinajstić information content (AvgIpc) is 3.25. The quantitative estimate of drug-likeness (QED) is 0.245. The maximum absolute atomic E-state index is 13.2. The smallest absolute Gasteiger partial charge is 0.312 e. The van der Waals surface area contributed by atoms with E-state index in [1.807, 2.05) is 11.9 Å². The normalized spacial score (nSPS) is 15.8. The summed E-state index contributed by atoms with van der Waals surface area (Å²) in [6, 6.07) is 7.90. The van der Waals surface area contributed by atoms with Gasteiger partial charge in [0.25, 0.3) is 20.1 Å². The van der Waals surface area contributed by atoms with E-state index >= 15 is 0 Å². The van der Waals surface area contributed by atoms with Gasteiger partial charge >= 0.3 is 5.69 Å². The van der Waals surface area contributed by atoms with Crippen LogP contribution in [-0.2, 0) is 24.3 Å². The second-order valence-corrected chi connectivity index (χ2v) is 12.3. The molecule has 4 rings (SSSR count). The molecule has 1 aliphatic heterocycles. The van der Waals surface area contributed by atoms with Crippen LogP contribution in [0.25, 0.3) is 11.0 Å². The first-order chi connectivity index (χ1) is 17.0. The molecule has 0 atom stereocenters. The summed E-state index contributed by atoms with van der Waals surface area (Å²) in [4.78, 5) is 15.4. The lowest BCUT2D eigenvalue weighted by Gasteiger charge is -2.32. The zero-order chi connectivity index (χ0) is 26.1. The molecule has 2 aromatic heterocycles. The SMILES string of the molecule is Cc1ccc(S(=O)(=O)n2ccc3c(NN4CCC(CCOS(C)(=O)=O)CC4)c([N+](=O)[O-])cnc32)cc1. The summed E-state index contributed by atoms with van der Waals surface area (Å²) in [7, 11) is -7.44. The molecule has 1 fully saturated rings. The highest BCUT2D eigenvalue weighted by Crippen LogP contribution is 2.34. The van der Waals surface area contributed by atoms with Crippen molar-refractivity contribution in [2.45, 2.75) is 31.1 Å². The molecule has 12 nitrogen and oxygen atoms in total. The van der Waals surface area contributed by atoms with Crippen molar-refractivity contribution in [3.8, 4) is 0 Å². The minimum Gasteiger partial charge on any atom is -0.312 e. The van der Waals surface area contributed by atoms with Crippen molar-refractivity contribution in [3.63, 3.8) is 0 Å². The van der Waals surface area contributed by atoms with Crippen LogP contribution in [0.4, 0.5) is 11.4 Å². The van der Waals surface area contributed by atoms with Crippen LogP contribution in [0.15, 0.2) is 47.6 Å². The average molecular weight is 538 g/mol. The second-order valence-electron chi connectivity index (χ2n) is 8.80. The van der Waals surface area contributed by atoms with E-state index < -0.39 is 25.1 Å². The second kappa shape index (κ2) is 10.1. The van der Waals surface area contributed by atoms with Gasteiger partial charge in [0.15, 0.2) is 5.65 Å². The Bertz CT molecular complexity index is 1480. The molecule has 14 heteroatoms. The van der Waals surface area contributed by atoms with E-state index in [9.17, 15) is 26.9 Å². The van der Waals surface area contributed by atoms with Crippen LogP contribution in [0.1, 0.15) is 24.8 Å². The van der Waals surface area contributed by atoms with E-state index in [0.29, 0.717) is 24.9 Å². The fourth-order valence-corrected chi connectivity index (χ4v) is 5.88. The van der Waals surface area contributed by atoms with Crippen LogP contribution >= 0.6 is 0 Å². The van der Waals surface area contributed by atoms with Gasteiger partial charge in [-0.15, -0.1) is 0 Å². The molecular formula is C22H27N5O7S2. The molecular weight excluding hydrogens is 510 g/mol. The zero-order valence-corrected chi connectivity index (χ0v) is 21.5. The van der Waals surface area contributed by atoms with Crippen LogP contribution in [0, 0.1) is 23.0 Å². The number of piperidine rings is 1. The Labute approximate surface area is 209 Å². The Morgan fingerprint density at radius 3 is 2.42 bits per heavy atom. The van der Waals surface area contributed by atoms with Crippen molar-refractivity contribution < 1.29 is 25.9 Å². The summed E-state index contributed by atoms with van der Waals surface area (Å²) < 4.78 is 54.6. The van der Waals surface area contributed by atoms with Gasteiger partial charge in [-0.25, -0.2) is 22.4 Å². The molecule has 1 N–H and O–H groups in total. The molecule has 3 aromatic rings. The van der Waals surface area contributed by atoms with E-state index in [4.69, 9.17) is 4.18 Å². The first-order valence-electron chi connectivity index (χ1n) is 11.3.